The average Bonchev–Trinajstić information content (AvgIpc) is 2.34. The van der Waals surface area contributed by atoms with Gasteiger partial charge in [-0.3, -0.25) is 4.98 Å². The van der Waals surface area contributed by atoms with Crippen molar-refractivity contribution in [3.63, 3.8) is 0 Å². The van der Waals surface area contributed by atoms with Gasteiger partial charge in [-0.1, -0.05) is 24.3 Å². The normalized spacial score (nSPS) is 10.4. The van der Waals surface area contributed by atoms with Crippen molar-refractivity contribution in [3.8, 4) is 5.75 Å². The SMILES string of the molecule is Cc1ccccc1CNCc1ccc(O)cn1. The summed E-state index contributed by atoms with van der Waals surface area (Å²) in [5.41, 5.74) is 3.52. The van der Waals surface area contributed by atoms with Gasteiger partial charge in [-0.2, -0.15) is 0 Å². The van der Waals surface area contributed by atoms with E-state index >= 15 is 0 Å². The smallest absolute Gasteiger partial charge is 0.133 e. The van der Waals surface area contributed by atoms with E-state index in [4.69, 9.17) is 5.11 Å². The van der Waals surface area contributed by atoms with Crippen molar-refractivity contribution in [2.45, 2.75) is 20.0 Å². The molecule has 17 heavy (non-hydrogen) atoms. The number of aromatic hydroxyl groups is 1. The van der Waals surface area contributed by atoms with Crippen molar-refractivity contribution in [3.05, 3.63) is 59.4 Å². The Morgan fingerprint density at radius 1 is 1.12 bits per heavy atom. The molecule has 3 heteroatoms. The summed E-state index contributed by atoms with van der Waals surface area (Å²) in [4.78, 5) is 4.12. The van der Waals surface area contributed by atoms with E-state index in [1.165, 1.54) is 17.3 Å². The number of nitrogens with zero attached hydrogens (tertiary/aromatic N) is 1. The van der Waals surface area contributed by atoms with Crippen LogP contribution < -0.4 is 5.32 Å². The lowest BCUT2D eigenvalue weighted by Crippen LogP contribution is -2.14. The van der Waals surface area contributed by atoms with Crippen molar-refractivity contribution >= 4 is 0 Å². The van der Waals surface area contributed by atoms with Crippen LogP contribution in [0, 0.1) is 6.92 Å². The standard InChI is InChI=1S/C14H16N2O/c1-11-4-2-3-5-12(11)8-15-9-13-6-7-14(17)10-16-13/h2-7,10,15,17H,8-9H2,1H3. The molecule has 0 spiro atoms. The lowest BCUT2D eigenvalue weighted by molar-refractivity contribution is 0.471. The van der Waals surface area contributed by atoms with Gasteiger partial charge in [0.1, 0.15) is 5.75 Å². The zero-order chi connectivity index (χ0) is 12.1. The minimum Gasteiger partial charge on any atom is -0.506 e. The van der Waals surface area contributed by atoms with Gasteiger partial charge in [0, 0.05) is 13.1 Å². The summed E-state index contributed by atoms with van der Waals surface area (Å²) in [6.07, 6.45) is 1.46. The number of hydrogen-bond donors (Lipinski definition) is 2. The van der Waals surface area contributed by atoms with Gasteiger partial charge in [0.25, 0.3) is 0 Å². The Hall–Kier alpha value is -1.87. The minimum absolute atomic E-state index is 0.202. The molecule has 0 amide bonds. The van der Waals surface area contributed by atoms with Crippen LogP contribution in [0.15, 0.2) is 42.6 Å². The Bertz CT molecular complexity index is 480. The fourth-order valence-electron chi connectivity index (χ4n) is 1.65. The van der Waals surface area contributed by atoms with Gasteiger partial charge in [0.05, 0.1) is 11.9 Å². The molecule has 2 rings (SSSR count). The molecule has 2 N–H and O–H groups in total. The summed E-state index contributed by atoms with van der Waals surface area (Å²) < 4.78 is 0. The lowest BCUT2D eigenvalue weighted by atomic mass is 10.1. The molecule has 0 aliphatic heterocycles. The molecule has 0 aliphatic carbocycles. The third-order valence-electron chi connectivity index (χ3n) is 2.69. The molecule has 88 valence electrons. The van der Waals surface area contributed by atoms with Crippen LogP contribution >= 0.6 is 0 Å². The average molecular weight is 228 g/mol. The monoisotopic (exact) mass is 228 g/mol. The quantitative estimate of drug-likeness (QED) is 0.844. The molecule has 0 radical (unpaired) electrons. The maximum atomic E-state index is 9.11. The van der Waals surface area contributed by atoms with Crippen LogP contribution in [0.2, 0.25) is 0 Å². The number of aryl methyl sites for hydroxylation is 1. The molecule has 0 bridgehead atoms. The van der Waals surface area contributed by atoms with E-state index in [1.807, 2.05) is 18.2 Å². The largest absolute Gasteiger partial charge is 0.506 e. The van der Waals surface area contributed by atoms with Crippen molar-refractivity contribution < 1.29 is 5.11 Å². The van der Waals surface area contributed by atoms with Crippen LogP contribution in [0.1, 0.15) is 16.8 Å². The predicted octanol–water partition coefficient (Wildman–Crippen LogP) is 2.39. The van der Waals surface area contributed by atoms with Gasteiger partial charge in [-0.15, -0.1) is 0 Å². The fraction of sp³-hybridized carbons (Fsp3) is 0.214. The van der Waals surface area contributed by atoms with E-state index in [9.17, 15) is 0 Å². The molecule has 0 unspecified atom stereocenters. The highest BCUT2D eigenvalue weighted by atomic mass is 16.3. The molecule has 1 heterocycles. The van der Waals surface area contributed by atoms with E-state index < -0.39 is 0 Å². The first-order chi connectivity index (χ1) is 8.25. The second-order valence-corrected chi connectivity index (χ2v) is 4.04. The van der Waals surface area contributed by atoms with Crippen LogP contribution in [-0.2, 0) is 13.1 Å². The minimum atomic E-state index is 0.202. The molecule has 1 aromatic carbocycles. The third kappa shape index (κ3) is 3.29. The third-order valence-corrected chi connectivity index (χ3v) is 2.69. The molecule has 3 nitrogen and oxygen atoms in total. The Kier molecular flexibility index (Phi) is 3.73. The summed E-state index contributed by atoms with van der Waals surface area (Å²) in [7, 11) is 0. The number of nitrogens with one attached hydrogen (secondary N) is 1. The van der Waals surface area contributed by atoms with Crippen LogP contribution in [-0.4, -0.2) is 10.1 Å². The molecule has 2 aromatic rings. The molecule has 1 aromatic heterocycles. The van der Waals surface area contributed by atoms with Gasteiger partial charge in [0.2, 0.25) is 0 Å². The molecule has 0 saturated heterocycles. The highest BCUT2D eigenvalue weighted by Gasteiger charge is 1.98. The van der Waals surface area contributed by atoms with Crippen molar-refractivity contribution in [1.82, 2.24) is 10.3 Å². The molecule has 0 atom stereocenters. The van der Waals surface area contributed by atoms with E-state index in [1.54, 1.807) is 6.07 Å². The van der Waals surface area contributed by atoms with E-state index in [-0.39, 0.29) is 5.75 Å². The second kappa shape index (κ2) is 5.46. The summed E-state index contributed by atoms with van der Waals surface area (Å²) >= 11 is 0. The highest BCUT2D eigenvalue weighted by molar-refractivity contribution is 5.25. The number of pyridine rings is 1. The zero-order valence-electron chi connectivity index (χ0n) is 9.85. The van der Waals surface area contributed by atoms with Crippen LogP contribution in [0.4, 0.5) is 0 Å². The molecule has 0 fully saturated rings. The highest BCUT2D eigenvalue weighted by Crippen LogP contribution is 2.08. The Morgan fingerprint density at radius 2 is 1.94 bits per heavy atom. The van der Waals surface area contributed by atoms with E-state index in [0.29, 0.717) is 6.54 Å². The van der Waals surface area contributed by atoms with Gasteiger partial charge >= 0.3 is 0 Å². The van der Waals surface area contributed by atoms with Gasteiger partial charge < -0.3 is 10.4 Å². The number of benzene rings is 1. The zero-order valence-corrected chi connectivity index (χ0v) is 9.85. The van der Waals surface area contributed by atoms with E-state index in [2.05, 4.69) is 29.4 Å². The first kappa shape index (κ1) is 11.6. The van der Waals surface area contributed by atoms with Gasteiger partial charge in [0.15, 0.2) is 0 Å². The topological polar surface area (TPSA) is 45.1 Å². The van der Waals surface area contributed by atoms with Crippen molar-refractivity contribution in [1.29, 1.82) is 0 Å². The molecule has 0 saturated carbocycles. The molecular formula is C14H16N2O. The Morgan fingerprint density at radius 3 is 2.65 bits per heavy atom. The number of rotatable bonds is 4. The van der Waals surface area contributed by atoms with Crippen molar-refractivity contribution in [2.75, 3.05) is 0 Å². The second-order valence-electron chi connectivity index (χ2n) is 4.04. The summed E-state index contributed by atoms with van der Waals surface area (Å²) in [5, 5.41) is 12.4. The summed E-state index contributed by atoms with van der Waals surface area (Å²) in [6, 6.07) is 11.8. The van der Waals surface area contributed by atoms with Gasteiger partial charge in [-0.25, -0.2) is 0 Å². The first-order valence-electron chi connectivity index (χ1n) is 5.65. The van der Waals surface area contributed by atoms with Gasteiger partial charge in [-0.05, 0) is 30.2 Å². The summed E-state index contributed by atoms with van der Waals surface area (Å²) in [6.45, 7) is 3.64. The molecular weight excluding hydrogens is 212 g/mol. The number of hydrogen-bond acceptors (Lipinski definition) is 3. The maximum absolute atomic E-state index is 9.11. The Labute approximate surface area is 101 Å². The lowest BCUT2D eigenvalue weighted by Gasteiger charge is -2.07. The summed E-state index contributed by atoms with van der Waals surface area (Å²) in [5.74, 6) is 0.202. The first-order valence-corrected chi connectivity index (χ1v) is 5.65. The van der Waals surface area contributed by atoms with E-state index in [0.717, 1.165) is 12.2 Å². The maximum Gasteiger partial charge on any atom is 0.133 e. The fourth-order valence-corrected chi connectivity index (χ4v) is 1.65. The van der Waals surface area contributed by atoms with Crippen LogP contribution in [0.3, 0.4) is 0 Å². The number of aromatic nitrogens is 1. The molecule has 0 aliphatic rings. The van der Waals surface area contributed by atoms with Crippen molar-refractivity contribution in [2.24, 2.45) is 0 Å². The van der Waals surface area contributed by atoms with Crippen LogP contribution in [0.25, 0.3) is 0 Å². The Balaban J connectivity index is 1.88. The van der Waals surface area contributed by atoms with Crippen LogP contribution in [0.5, 0.6) is 5.75 Å². The predicted molar refractivity (Wildman–Crippen MR) is 67.6 cm³/mol.